The van der Waals surface area contributed by atoms with Crippen LogP contribution in [0.25, 0.3) is 0 Å². The Kier molecular flexibility index (Phi) is 5.84. The largest absolute Gasteiger partial charge is 0.335 e. The van der Waals surface area contributed by atoms with E-state index in [1.165, 1.54) is 18.4 Å². The fourth-order valence-corrected chi connectivity index (χ4v) is 3.85. The molecule has 1 heterocycles. The molecule has 5 heteroatoms. The lowest BCUT2D eigenvalue weighted by Crippen LogP contribution is -2.54. The number of hydrogen-bond donors (Lipinski definition) is 1. The Balaban J connectivity index is 1.58. The van der Waals surface area contributed by atoms with Gasteiger partial charge in [0.1, 0.15) is 0 Å². The van der Waals surface area contributed by atoms with Crippen molar-refractivity contribution >= 4 is 11.9 Å². The summed E-state index contributed by atoms with van der Waals surface area (Å²) in [7, 11) is 0. The van der Waals surface area contributed by atoms with Crippen molar-refractivity contribution in [2.24, 2.45) is 0 Å². The molecule has 0 aromatic heterocycles. The molecule has 0 bridgehead atoms. The quantitative estimate of drug-likeness (QED) is 0.900. The summed E-state index contributed by atoms with van der Waals surface area (Å²) < 4.78 is 0. The number of rotatable bonds is 3. The van der Waals surface area contributed by atoms with Crippen molar-refractivity contribution in [3.8, 4) is 0 Å². The van der Waals surface area contributed by atoms with Gasteiger partial charge in [0.2, 0.25) is 0 Å². The molecule has 3 amide bonds. The smallest absolute Gasteiger partial charge is 0.317 e. The molecule has 0 radical (unpaired) electrons. The van der Waals surface area contributed by atoms with Crippen molar-refractivity contribution in [3.63, 3.8) is 0 Å². The molecular weight excluding hydrogens is 326 g/mol. The molecule has 2 fully saturated rings. The molecular formula is C21H31N3O2. The number of amides is 3. The van der Waals surface area contributed by atoms with Crippen molar-refractivity contribution in [2.45, 2.75) is 58.4 Å². The Morgan fingerprint density at radius 3 is 2.27 bits per heavy atom. The average molecular weight is 357 g/mol. The summed E-state index contributed by atoms with van der Waals surface area (Å²) >= 11 is 0. The SMILES string of the molecule is Cc1ccc(C(C)C)cc1C(=O)N1CCN(C(=O)NC2CCCC2)CC1. The van der Waals surface area contributed by atoms with Crippen LogP contribution in [0, 0.1) is 6.92 Å². The topological polar surface area (TPSA) is 52.7 Å². The molecule has 1 N–H and O–H groups in total. The van der Waals surface area contributed by atoms with Gasteiger partial charge in [0.15, 0.2) is 0 Å². The Labute approximate surface area is 156 Å². The van der Waals surface area contributed by atoms with Gasteiger partial charge in [-0.15, -0.1) is 0 Å². The first-order chi connectivity index (χ1) is 12.5. The van der Waals surface area contributed by atoms with Crippen molar-refractivity contribution < 1.29 is 9.59 Å². The molecule has 1 aliphatic carbocycles. The fourth-order valence-electron chi connectivity index (χ4n) is 3.85. The van der Waals surface area contributed by atoms with Crippen molar-refractivity contribution in [2.75, 3.05) is 26.2 Å². The summed E-state index contributed by atoms with van der Waals surface area (Å²) in [6.07, 6.45) is 4.61. The number of aryl methyl sites for hydroxylation is 1. The minimum Gasteiger partial charge on any atom is -0.335 e. The van der Waals surface area contributed by atoms with Crippen molar-refractivity contribution in [1.29, 1.82) is 0 Å². The normalized spacial score (nSPS) is 18.5. The van der Waals surface area contributed by atoms with Crippen LogP contribution in [-0.4, -0.2) is 54.0 Å². The Morgan fingerprint density at radius 1 is 1.04 bits per heavy atom. The number of benzene rings is 1. The number of carbonyl (C=O) groups is 2. The first-order valence-electron chi connectivity index (χ1n) is 9.91. The molecule has 1 aromatic carbocycles. The zero-order chi connectivity index (χ0) is 18.7. The third-order valence-corrected chi connectivity index (χ3v) is 5.70. The number of piperazine rings is 1. The molecule has 5 nitrogen and oxygen atoms in total. The van der Waals surface area contributed by atoms with Gasteiger partial charge in [0.05, 0.1) is 0 Å². The van der Waals surface area contributed by atoms with Crippen molar-refractivity contribution in [3.05, 3.63) is 34.9 Å². The lowest BCUT2D eigenvalue weighted by atomic mass is 9.97. The van der Waals surface area contributed by atoms with Gasteiger partial charge in [0, 0.05) is 37.8 Å². The van der Waals surface area contributed by atoms with E-state index in [4.69, 9.17) is 0 Å². The predicted octanol–water partition coefficient (Wildman–Crippen LogP) is 3.53. The van der Waals surface area contributed by atoms with Gasteiger partial charge in [0.25, 0.3) is 5.91 Å². The van der Waals surface area contributed by atoms with Crippen LogP contribution in [0.1, 0.15) is 66.9 Å². The molecule has 26 heavy (non-hydrogen) atoms. The second kappa shape index (κ2) is 8.11. The number of urea groups is 1. The van der Waals surface area contributed by atoms with E-state index in [9.17, 15) is 9.59 Å². The number of hydrogen-bond acceptors (Lipinski definition) is 2. The molecule has 1 aromatic rings. The molecule has 2 aliphatic rings. The second-order valence-corrected chi connectivity index (χ2v) is 7.94. The van der Waals surface area contributed by atoms with E-state index in [1.807, 2.05) is 28.9 Å². The molecule has 142 valence electrons. The summed E-state index contributed by atoms with van der Waals surface area (Å²) in [5.74, 6) is 0.485. The van der Waals surface area contributed by atoms with Crippen LogP contribution in [0.2, 0.25) is 0 Å². The fraction of sp³-hybridized carbons (Fsp3) is 0.619. The van der Waals surface area contributed by atoms with Crippen LogP contribution in [0.3, 0.4) is 0 Å². The zero-order valence-electron chi connectivity index (χ0n) is 16.3. The highest BCUT2D eigenvalue weighted by Gasteiger charge is 2.27. The first-order valence-corrected chi connectivity index (χ1v) is 9.91. The number of carbonyl (C=O) groups excluding carboxylic acids is 2. The monoisotopic (exact) mass is 357 g/mol. The molecule has 0 unspecified atom stereocenters. The maximum absolute atomic E-state index is 13.0. The van der Waals surface area contributed by atoms with Gasteiger partial charge in [-0.05, 0) is 42.9 Å². The van der Waals surface area contributed by atoms with E-state index >= 15 is 0 Å². The molecule has 1 saturated carbocycles. The summed E-state index contributed by atoms with van der Waals surface area (Å²) in [6.45, 7) is 8.68. The first kappa shape index (κ1) is 18.7. The minimum absolute atomic E-state index is 0.0296. The average Bonchev–Trinajstić information content (AvgIpc) is 3.14. The Hall–Kier alpha value is -2.04. The highest BCUT2D eigenvalue weighted by atomic mass is 16.2. The Bertz CT molecular complexity index is 657. The molecule has 0 atom stereocenters. The van der Waals surface area contributed by atoms with E-state index < -0.39 is 0 Å². The van der Waals surface area contributed by atoms with Crippen LogP contribution >= 0.6 is 0 Å². The van der Waals surface area contributed by atoms with E-state index in [1.54, 1.807) is 0 Å². The van der Waals surface area contributed by atoms with Crippen molar-refractivity contribution in [1.82, 2.24) is 15.1 Å². The van der Waals surface area contributed by atoms with Gasteiger partial charge < -0.3 is 15.1 Å². The van der Waals surface area contributed by atoms with E-state index in [0.29, 0.717) is 38.1 Å². The zero-order valence-corrected chi connectivity index (χ0v) is 16.3. The van der Waals surface area contributed by atoms with Crippen LogP contribution in [0.4, 0.5) is 4.79 Å². The Morgan fingerprint density at radius 2 is 1.65 bits per heavy atom. The summed E-state index contributed by atoms with van der Waals surface area (Å²) in [5.41, 5.74) is 2.99. The van der Waals surface area contributed by atoms with Crippen LogP contribution in [-0.2, 0) is 0 Å². The number of nitrogens with zero attached hydrogens (tertiary/aromatic N) is 2. The van der Waals surface area contributed by atoms with Crippen LogP contribution < -0.4 is 5.32 Å². The summed E-state index contributed by atoms with van der Waals surface area (Å²) in [6, 6.07) is 6.53. The molecule has 3 rings (SSSR count). The molecule has 1 aliphatic heterocycles. The molecule has 1 saturated heterocycles. The van der Waals surface area contributed by atoms with Gasteiger partial charge >= 0.3 is 6.03 Å². The maximum Gasteiger partial charge on any atom is 0.317 e. The summed E-state index contributed by atoms with van der Waals surface area (Å²) in [4.78, 5) is 29.1. The standard InChI is InChI=1S/C21H31N3O2/c1-15(2)17-9-8-16(3)19(14-17)20(25)23-10-12-24(13-11-23)21(26)22-18-6-4-5-7-18/h8-9,14-15,18H,4-7,10-13H2,1-3H3,(H,22,26). The lowest BCUT2D eigenvalue weighted by molar-refractivity contribution is 0.0662. The van der Waals surface area contributed by atoms with Crippen LogP contribution in [0.15, 0.2) is 18.2 Å². The number of nitrogens with one attached hydrogen (secondary N) is 1. The second-order valence-electron chi connectivity index (χ2n) is 7.94. The van der Waals surface area contributed by atoms with E-state index in [0.717, 1.165) is 24.0 Å². The summed E-state index contributed by atoms with van der Waals surface area (Å²) in [5, 5.41) is 3.14. The molecule has 0 spiro atoms. The van der Waals surface area contributed by atoms with E-state index in [-0.39, 0.29) is 11.9 Å². The third-order valence-electron chi connectivity index (χ3n) is 5.70. The predicted molar refractivity (Wildman–Crippen MR) is 104 cm³/mol. The van der Waals surface area contributed by atoms with Gasteiger partial charge in [-0.1, -0.05) is 38.8 Å². The highest BCUT2D eigenvalue weighted by molar-refractivity contribution is 5.96. The van der Waals surface area contributed by atoms with Gasteiger partial charge in [-0.25, -0.2) is 4.79 Å². The van der Waals surface area contributed by atoms with Crippen LogP contribution in [0.5, 0.6) is 0 Å². The van der Waals surface area contributed by atoms with Gasteiger partial charge in [-0.3, -0.25) is 4.79 Å². The maximum atomic E-state index is 13.0. The van der Waals surface area contributed by atoms with Gasteiger partial charge in [-0.2, -0.15) is 0 Å². The minimum atomic E-state index is 0.0296. The van der Waals surface area contributed by atoms with E-state index in [2.05, 4.69) is 25.2 Å². The lowest BCUT2D eigenvalue weighted by Gasteiger charge is -2.35. The third kappa shape index (κ3) is 4.19. The highest BCUT2D eigenvalue weighted by Crippen LogP contribution is 2.21.